The molecule has 2 rings (SSSR count). The molecule has 0 saturated carbocycles. The monoisotopic (exact) mass is 283 g/mol. The molecule has 0 N–H and O–H groups in total. The molecular weight excluding hydrogens is 262 g/mol. The van der Waals surface area contributed by atoms with Gasteiger partial charge in [-0.1, -0.05) is 54.6 Å². The summed E-state index contributed by atoms with van der Waals surface area (Å²) in [6.07, 6.45) is -0.226. The van der Waals surface area contributed by atoms with Gasteiger partial charge in [-0.25, -0.2) is 0 Å². The number of carbonyl (C=O) groups is 1. The van der Waals surface area contributed by atoms with E-state index in [-0.39, 0.29) is 18.6 Å². The summed E-state index contributed by atoms with van der Waals surface area (Å²) in [5, 5.41) is 0. The first-order chi connectivity index (χ1) is 10.1. The number of benzene rings is 2. The van der Waals surface area contributed by atoms with Gasteiger partial charge >= 0.3 is 0 Å². The van der Waals surface area contributed by atoms with Crippen molar-refractivity contribution in [1.82, 2.24) is 4.90 Å². The van der Waals surface area contributed by atoms with Gasteiger partial charge in [-0.2, -0.15) is 0 Å². The van der Waals surface area contributed by atoms with Crippen LogP contribution in [0.3, 0.4) is 0 Å². The van der Waals surface area contributed by atoms with Crippen molar-refractivity contribution in [3.8, 4) is 0 Å². The summed E-state index contributed by atoms with van der Waals surface area (Å²) in [4.78, 5) is 13.3. The number of hydrogen-bond donors (Lipinski definition) is 0. The number of rotatable bonds is 5. The lowest BCUT2D eigenvalue weighted by Gasteiger charge is -2.21. The molecule has 1 unspecified atom stereocenters. The van der Waals surface area contributed by atoms with E-state index in [1.54, 1.807) is 19.0 Å². The second-order valence-electron chi connectivity index (χ2n) is 5.25. The van der Waals surface area contributed by atoms with Crippen LogP contribution in [0.5, 0.6) is 0 Å². The van der Waals surface area contributed by atoms with Crippen molar-refractivity contribution < 1.29 is 9.53 Å². The fourth-order valence-corrected chi connectivity index (χ4v) is 2.16. The van der Waals surface area contributed by atoms with E-state index in [4.69, 9.17) is 4.74 Å². The molecule has 0 bridgehead atoms. The van der Waals surface area contributed by atoms with Crippen molar-refractivity contribution in [3.05, 3.63) is 71.3 Å². The number of carbonyl (C=O) groups excluding carboxylic acids is 1. The van der Waals surface area contributed by atoms with Crippen molar-refractivity contribution >= 4 is 5.91 Å². The molecule has 21 heavy (non-hydrogen) atoms. The summed E-state index contributed by atoms with van der Waals surface area (Å²) in [6, 6.07) is 18.1. The van der Waals surface area contributed by atoms with Gasteiger partial charge in [-0.05, 0) is 23.6 Å². The Morgan fingerprint density at radius 2 is 1.67 bits per heavy atom. The lowest BCUT2D eigenvalue weighted by Crippen LogP contribution is -2.27. The summed E-state index contributed by atoms with van der Waals surface area (Å²) in [7, 11) is 3.47. The molecule has 0 aliphatic rings. The average molecular weight is 283 g/mol. The highest BCUT2D eigenvalue weighted by Gasteiger charge is 2.18. The number of ether oxygens (including phenoxy) is 1. The molecule has 0 fully saturated rings. The molecule has 0 aliphatic heterocycles. The minimum Gasteiger partial charge on any atom is -0.359 e. The summed E-state index contributed by atoms with van der Waals surface area (Å²) in [5.74, 6) is -0.0375. The summed E-state index contributed by atoms with van der Waals surface area (Å²) >= 11 is 0. The second-order valence-corrected chi connectivity index (χ2v) is 5.25. The highest BCUT2D eigenvalue weighted by molar-refractivity contribution is 5.76. The Labute approximate surface area is 126 Å². The molecule has 0 spiro atoms. The standard InChI is InChI=1S/C18H21NO2/c1-14-9-7-8-12-16(14)18(15-10-5-4-6-11-15)21-13-17(20)19(2)3/h4-12,18H,13H2,1-3H3. The molecule has 0 saturated heterocycles. The highest BCUT2D eigenvalue weighted by Crippen LogP contribution is 2.28. The van der Waals surface area contributed by atoms with E-state index in [0.717, 1.165) is 16.7 Å². The van der Waals surface area contributed by atoms with Crippen LogP contribution < -0.4 is 0 Å². The van der Waals surface area contributed by atoms with Gasteiger partial charge in [-0.3, -0.25) is 4.79 Å². The third kappa shape index (κ3) is 3.92. The van der Waals surface area contributed by atoms with Crippen LogP contribution in [0.4, 0.5) is 0 Å². The second kappa shape index (κ2) is 7.04. The molecule has 0 radical (unpaired) electrons. The van der Waals surface area contributed by atoms with E-state index in [2.05, 4.69) is 13.0 Å². The molecule has 0 heterocycles. The van der Waals surface area contributed by atoms with Crippen LogP contribution in [0.15, 0.2) is 54.6 Å². The molecule has 0 aromatic heterocycles. The Morgan fingerprint density at radius 3 is 2.29 bits per heavy atom. The largest absolute Gasteiger partial charge is 0.359 e. The van der Waals surface area contributed by atoms with E-state index in [1.807, 2.05) is 48.5 Å². The van der Waals surface area contributed by atoms with Crippen molar-refractivity contribution in [3.63, 3.8) is 0 Å². The summed E-state index contributed by atoms with van der Waals surface area (Å²) < 4.78 is 5.93. The predicted molar refractivity (Wildman–Crippen MR) is 84.1 cm³/mol. The van der Waals surface area contributed by atoms with E-state index in [0.29, 0.717) is 0 Å². The third-order valence-corrected chi connectivity index (χ3v) is 3.45. The smallest absolute Gasteiger partial charge is 0.248 e. The SMILES string of the molecule is Cc1ccccc1C(OCC(=O)N(C)C)c1ccccc1. The van der Waals surface area contributed by atoms with Crippen LogP contribution in [0.25, 0.3) is 0 Å². The summed E-state index contributed by atoms with van der Waals surface area (Å²) in [6.45, 7) is 2.13. The lowest BCUT2D eigenvalue weighted by atomic mass is 9.97. The molecule has 0 aliphatic carbocycles. The van der Waals surface area contributed by atoms with Crippen LogP contribution in [-0.2, 0) is 9.53 Å². The maximum Gasteiger partial charge on any atom is 0.248 e. The predicted octanol–water partition coefficient (Wildman–Crippen LogP) is 3.19. The van der Waals surface area contributed by atoms with Crippen LogP contribution in [0, 0.1) is 6.92 Å². The molecule has 3 heteroatoms. The minimum atomic E-state index is -0.226. The quantitative estimate of drug-likeness (QED) is 0.843. The zero-order valence-electron chi connectivity index (χ0n) is 12.7. The normalized spacial score (nSPS) is 12.0. The number of likely N-dealkylation sites (N-methyl/N-ethyl adjacent to an activating group) is 1. The molecule has 1 amide bonds. The molecule has 2 aromatic rings. The molecular formula is C18H21NO2. The van der Waals surface area contributed by atoms with Gasteiger partial charge in [0.25, 0.3) is 0 Å². The number of aryl methyl sites for hydroxylation is 1. The van der Waals surface area contributed by atoms with E-state index in [1.165, 1.54) is 0 Å². The van der Waals surface area contributed by atoms with E-state index < -0.39 is 0 Å². The first kappa shape index (κ1) is 15.3. The zero-order chi connectivity index (χ0) is 15.2. The maximum absolute atomic E-state index is 11.8. The fraction of sp³-hybridized carbons (Fsp3) is 0.278. The van der Waals surface area contributed by atoms with Crippen LogP contribution >= 0.6 is 0 Å². The fourth-order valence-electron chi connectivity index (χ4n) is 2.16. The lowest BCUT2D eigenvalue weighted by molar-refractivity contribution is -0.134. The van der Waals surface area contributed by atoms with E-state index in [9.17, 15) is 4.79 Å². The summed E-state index contributed by atoms with van der Waals surface area (Å²) in [5.41, 5.74) is 3.30. The van der Waals surface area contributed by atoms with Gasteiger partial charge in [0.15, 0.2) is 0 Å². The van der Waals surface area contributed by atoms with Gasteiger partial charge in [-0.15, -0.1) is 0 Å². The van der Waals surface area contributed by atoms with E-state index >= 15 is 0 Å². The zero-order valence-corrected chi connectivity index (χ0v) is 12.7. The van der Waals surface area contributed by atoms with Crippen molar-refractivity contribution in [1.29, 1.82) is 0 Å². The first-order valence-electron chi connectivity index (χ1n) is 7.02. The van der Waals surface area contributed by atoms with Gasteiger partial charge in [0.1, 0.15) is 12.7 Å². The molecule has 1 atom stereocenters. The number of nitrogens with zero attached hydrogens (tertiary/aromatic N) is 1. The highest BCUT2D eigenvalue weighted by atomic mass is 16.5. The van der Waals surface area contributed by atoms with Crippen LogP contribution in [0.2, 0.25) is 0 Å². The van der Waals surface area contributed by atoms with Crippen molar-refractivity contribution in [2.75, 3.05) is 20.7 Å². The van der Waals surface area contributed by atoms with Gasteiger partial charge < -0.3 is 9.64 Å². The molecule has 3 nitrogen and oxygen atoms in total. The average Bonchev–Trinajstić information content (AvgIpc) is 2.50. The van der Waals surface area contributed by atoms with Crippen LogP contribution in [-0.4, -0.2) is 31.5 Å². The Hall–Kier alpha value is -2.13. The number of amides is 1. The maximum atomic E-state index is 11.8. The number of hydrogen-bond acceptors (Lipinski definition) is 2. The van der Waals surface area contributed by atoms with Crippen LogP contribution in [0.1, 0.15) is 22.8 Å². The minimum absolute atomic E-state index is 0.0375. The Bertz CT molecular complexity index is 593. The Morgan fingerprint density at radius 1 is 1.05 bits per heavy atom. The van der Waals surface area contributed by atoms with Crippen molar-refractivity contribution in [2.45, 2.75) is 13.0 Å². The topological polar surface area (TPSA) is 29.5 Å². The van der Waals surface area contributed by atoms with Gasteiger partial charge in [0, 0.05) is 14.1 Å². The van der Waals surface area contributed by atoms with Crippen molar-refractivity contribution in [2.24, 2.45) is 0 Å². The first-order valence-corrected chi connectivity index (χ1v) is 7.02. The van der Waals surface area contributed by atoms with Gasteiger partial charge in [0.2, 0.25) is 5.91 Å². The Balaban J connectivity index is 2.28. The molecule has 110 valence electrons. The third-order valence-electron chi connectivity index (χ3n) is 3.45. The van der Waals surface area contributed by atoms with Gasteiger partial charge in [0.05, 0.1) is 0 Å². The molecule has 2 aromatic carbocycles. The Kier molecular flexibility index (Phi) is 5.12.